The van der Waals surface area contributed by atoms with Crippen molar-refractivity contribution in [1.29, 1.82) is 0 Å². The molecule has 25 heavy (non-hydrogen) atoms. The molecule has 138 valence electrons. The van der Waals surface area contributed by atoms with Gasteiger partial charge in [0.1, 0.15) is 0 Å². The van der Waals surface area contributed by atoms with Gasteiger partial charge in [0.25, 0.3) is 5.91 Å². The summed E-state index contributed by atoms with van der Waals surface area (Å²) in [5.41, 5.74) is 5.04. The molecule has 1 aliphatic carbocycles. The van der Waals surface area contributed by atoms with Crippen LogP contribution >= 0.6 is 0 Å². The van der Waals surface area contributed by atoms with E-state index >= 15 is 0 Å². The van der Waals surface area contributed by atoms with Crippen molar-refractivity contribution >= 4 is 17.4 Å². The zero-order valence-electron chi connectivity index (χ0n) is 16.9. The van der Waals surface area contributed by atoms with Gasteiger partial charge in [-0.15, -0.1) is 0 Å². The van der Waals surface area contributed by atoms with Crippen LogP contribution in [0.2, 0.25) is 0 Å². The molecular weight excluding hydrogens is 310 g/mol. The van der Waals surface area contributed by atoms with Crippen molar-refractivity contribution in [2.45, 2.75) is 85.5 Å². The van der Waals surface area contributed by atoms with Crippen LogP contribution in [0.4, 0.5) is 5.69 Å². The first-order valence-corrected chi connectivity index (χ1v) is 9.46. The van der Waals surface area contributed by atoms with Crippen molar-refractivity contribution in [1.82, 2.24) is 0 Å². The van der Waals surface area contributed by atoms with E-state index in [4.69, 9.17) is 0 Å². The van der Waals surface area contributed by atoms with E-state index in [1.54, 1.807) is 0 Å². The highest BCUT2D eigenvalue weighted by atomic mass is 16.2. The number of hydrogen-bond acceptors (Lipinski definition) is 2. The molecule has 0 aromatic heterocycles. The third kappa shape index (κ3) is 4.31. The van der Waals surface area contributed by atoms with Gasteiger partial charge in [-0.05, 0) is 64.8 Å². The number of benzene rings is 1. The molecule has 1 aliphatic rings. The molecule has 1 amide bonds. The van der Waals surface area contributed by atoms with Crippen LogP contribution in [-0.4, -0.2) is 11.7 Å². The topological polar surface area (TPSA) is 46.2 Å². The standard InChI is InChI=1S/C22H33NO2/c1-8-9-18(24)20(25)23-15-12-14-10-11-16(21(2,3)4)19(14)17(13-15)22(5,6)7/h12-13,16H,8-11H2,1-7H3,(H,23,25). The molecular formula is C22H33NO2. The summed E-state index contributed by atoms with van der Waals surface area (Å²) in [4.78, 5) is 24.0. The van der Waals surface area contributed by atoms with E-state index in [-0.39, 0.29) is 16.6 Å². The van der Waals surface area contributed by atoms with Crippen molar-refractivity contribution in [3.8, 4) is 0 Å². The number of anilines is 1. The van der Waals surface area contributed by atoms with E-state index < -0.39 is 5.91 Å². The van der Waals surface area contributed by atoms with Crippen molar-refractivity contribution in [3.63, 3.8) is 0 Å². The molecule has 0 aliphatic heterocycles. The molecule has 1 aromatic carbocycles. The second-order valence-corrected chi connectivity index (χ2v) is 9.43. The lowest BCUT2D eigenvalue weighted by Crippen LogP contribution is -2.24. The van der Waals surface area contributed by atoms with Gasteiger partial charge in [0.05, 0.1) is 0 Å². The van der Waals surface area contributed by atoms with Crippen LogP contribution < -0.4 is 5.32 Å². The Morgan fingerprint density at radius 2 is 1.76 bits per heavy atom. The summed E-state index contributed by atoms with van der Waals surface area (Å²) in [6.07, 6.45) is 3.17. The first kappa shape index (κ1) is 19.7. The Balaban J connectivity index is 2.45. The summed E-state index contributed by atoms with van der Waals surface area (Å²) in [6.45, 7) is 15.5. The predicted octanol–water partition coefficient (Wildman–Crippen LogP) is 5.37. The van der Waals surface area contributed by atoms with Crippen LogP contribution in [0.3, 0.4) is 0 Å². The maximum Gasteiger partial charge on any atom is 0.291 e. The van der Waals surface area contributed by atoms with Crippen molar-refractivity contribution in [2.24, 2.45) is 5.41 Å². The fraction of sp³-hybridized carbons (Fsp3) is 0.636. The zero-order valence-corrected chi connectivity index (χ0v) is 16.9. The van der Waals surface area contributed by atoms with Crippen LogP contribution in [-0.2, 0) is 21.4 Å². The first-order valence-electron chi connectivity index (χ1n) is 9.46. The Labute approximate surface area is 152 Å². The Bertz CT molecular complexity index is 674. The fourth-order valence-corrected chi connectivity index (χ4v) is 3.88. The number of carbonyl (C=O) groups excluding carboxylic acids is 2. The van der Waals surface area contributed by atoms with Gasteiger partial charge in [-0.2, -0.15) is 0 Å². The molecule has 0 saturated carbocycles. The van der Waals surface area contributed by atoms with Gasteiger partial charge in [-0.3, -0.25) is 9.59 Å². The van der Waals surface area contributed by atoms with Crippen molar-refractivity contribution in [3.05, 3.63) is 28.8 Å². The smallest absolute Gasteiger partial charge is 0.291 e. The molecule has 0 heterocycles. The van der Waals surface area contributed by atoms with Gasteiger partial charge in [-0.1, -0.05) is 48.5 Å². The van der Waals surface area contributed by atoms with Gasteiger partial charge in [0.2, 0.25) is 5.78 Å². The average Bonchev–Trinajstić information content (AvgIpc) is 2.89. The number of carbonyl (C=O) groups is 2. The molecule has 3 heteroatoms. The highest BCUT2D eigenvalue weighted by molar-refractivity contribution is 6.40. The van der Waals surface area contributed by atoms with Gasteiger partial charge in [-0.25, -0.2) is 0 Å². The minimum atomic E-state index is -0.493. The third-order valence-corrected chi connectivity index (χ3v) is 5.16. The molecule has 0 bridgehead atoms. The lowest BCUT2D eigenvalue weighted by molar-refractivity contribution is -0.134. The van der Waals surface area contributed by atoms with E-state index in [2.05, 4.69) is 59.0 Å². The summed E-state index contributed by atoms with van der Waals surface area (Å²) in [5.74, 6) is -0.303. The van der Waals surface area contributed by atoms with Crippen LogP contribution in [0.15, 0.2) is 12.1 Å². The van der Waals surface area contributed by atoms with Crippen LogP contribution in [0.25, 0.3) is 0 Å². The highest BCUT2D eigenvalue weighted by Gasteiger charge is 2.36. The summed E-state index contributed by atoms with van der Waals surface area (Å²) in [5, 5.41) is 2.83. The molecule has 0 radical (unpaired) electrons. The third-order valence-electron chi connectivity index (χ3n) is 5.16. The summed E-state index contributed by atoms with van der Waals surface area (Å²) in [7, 11) is 0. The highest BCUT2D eigenvalue weighted by Crippen LogP contribution is 2.49. The maximum atomic E-state index is 12.1. The molecule has 1 atom stereocenters. The first-order chi connectivity index (χ1) is 11.4. The number of ketones is 1. The van der Waals surface area contributed by atoms with E-state index in [1.165, 1.54) is 16.7 Å². The van der Waals surface area contributed by atoms with Gasteiger partial charge in [0, 0.05) is 12.1 Å². The molecule has 1 aromatic rings. The SMILES string of the molecule is CCCC(=O)C(=O)Nc1cc2c(c(C(C)(C)C)c1)C(C(C)(C)C)CC2. The Hall–Kier alpha value is -1.64. The van der Waals surface area contributed by atoms with Crippen molar-refractivity contribution in [2.75, 3.05) is 5.32 Å². The van der Waals surface area contributed by atoms with Crippen molar-refractivity contribution < 1.29 is 9.59 Å². The summed E-state index contributed by atoms with van der Waals surface area (Å²) < 4.78 is 0. The number of amides is 1. The van der Waals surface area contributed by atoms with Gasteiger partial charge >= 0.3 is 0 Å². The van der Waals surface area contributed by atoms with Gasteiger partial charge in [0.15, 0.2) is 0 Å². The van der Waals surface area contributed by atoms with E-state index in [0.29, 0.717) is 18.8 Å². The minimum absolute atomic E-state index is 0.00785. The molecule has 0 spiro atoms. The maximum absolute atomic E-state index is 12.1. The number of hydrogen-bond donors (Lipinski definition) is 1. The molecule has 1 unspecified atom stereocenters. The van der Waals surface area contributed by atoms with Crippen LogP contribution in [0.1, 0.15) is 90.3 Å². The summed E-state index contributed by atoms with van der Waals surface area (Å²) >= 11 is 0. The number of fused-ring (bicyclic) bond motifs is 1. The molecule has 2 rings (SSSR count). The van der Waals surface area contributed by atoms with E-state index in [0.717, 1.165) is 18.5 Å². The second-order valence-electron chi connectivity index (χ2n) is 9.43. The molecule has 3 nitrogen and oxygen atoms in total. The Kier molecular flexibility index (Phi) is 5.46. The number of rotatable bonds is 4. The molecule has 0 fully saturated rings. The van der Waals surface area contributed by atoms with E-state index in [9.17, 15) is 9.59 Å². The Morgan fingerprint density at radius 3 is 2.28 bits per heavy atom. The lowest BCUT2D eigenvalue weighted by Gasteiger charge is -2.33. The number of Topliss-reactive ketones (excluding diaryl/α,β-unsaturated/α-hetero) is 1. The van der Waals surface area contributed by atoms with Crippen LogP contribution in [0.5, 0.6) is 0 Å². The molecule has 1 N–H and O–H groups in total. The molecule has 0 saturated heterocycles. The predicted molar refractivity (Wildman–Crippen MR) is 104 cm³/mol. The average molecular weight is 344 g/mol. The summed E-state index contributed by atoms with van der Waals surface area (Å²) in [6, 6.07) is 4.16. The number of nitrogens with one attached hydrogen (secondary N) is 1. The largest absolute Gasteiger partial charge is 0.319 e. The zero-order chi connectivity index (χ0) is 19.0. The quantitative estimate of drug-likeness (QED) is 0.747. The normalized spacial score (nSPS) is 17.3. The van der Waals surface area contributed by atoms with Crippen LogP contribution in [0, 0.1) is 5.41 Å². The lowest BCUT2D eigenvalue weighted by atomic mass is 9.72. The minimum Gasteiger partial charge on any atom is -0.319 e. The van der Waals surface area contributed by atoms with E-state index in [1.807, 2.05) is 6.92 Å². The second kappa shape index (κ2) is 6.93. The number of aryl methyl sites for hydroxylation is 1. The Morgan fingerprint density at radius 1 is 1.12 bits per heavy atom. The van der Waals surface area contributed by atoms with Gasteiger partial charge < -0.3 is 5.32 Å². The fourth-order valence-electron chi connectivity index (χ4n) is 3.88. The monoisotopic (exact) mass is 343 g/mol.